The van der Waals surface area contributed by atoms with Crippen molar-refractivity contribution in [2.75, 3.05) is 12.4 Å². The van der Waals surface area contributed by atoms with E-state index in [1.54, 1.807) is 30.3 Å². The van der Waals surface area contributed by atoms with Gasteiger partial charge in [-0.15, -0.1) is 0 Å². The molecule has 0 radical (unpaired) electrons. The van der Waals surface area contributed by atoms with Gasteiger partial charge in [0.15, 0.2) is 0 Å². The Morgan fingerprint density at radius 1 is 1.30 bits per heavy atom. The van der Waals surface area contributed by atoms with Gasteiger partial charge in [0.1, 0.15) is 17.4 Å². The molecule has 0 heterocycles. The Balaban J connectivity index is 2.28. The van der Waals surface area contributed by atoms with E-state index in [1.807, 2.05) is 25.1 Å². The first-order chi connectivity index (χ1) is 11.0. The third kappa shape index (κ3) is 4.12. The van der Waals surface area contributed by atoms with E-state index in [-0.39, 0.29) is 5.57 Å². The SMILES string of the molecule is COc1ccccc1/C=C(\C#N)C(=O)Nc1ccc(Cl)cc1C. The van der Waals surface area contributed by atoms with Crippen molar-refractivity contribution in [2.24, 2.45) is 0 Å². The van der Waals surface area contributed by atoms with Gasteiger partial charge in [0.25, 0.3) is 5.91 Å². The molecule has 0 aliphatic carbocycles. The second-order valence-corrected chi connectivity index (χ2v) is 5.26. The molecule has 0 unspecified atom stereocenters. The van der Waals surface area contributed by atoms with Crippen LogP contribution in [-0.4, -0.2) is 13.0 Å². The number of methoxy groups -OCH3 is 1. The summed E-state index contributed by atoms with van der Waals surface area (Å²) in [6.07, 6.45) is 1.50. The van der Waals surface area contributed by atoms with Crippen molar-refractivity contribution in [2.45, 2.75) is 6.92 Å². The second-order valence-electron chi connectivity index (χ2n) is 4.83. The normalized spacial score (nSPS) is 10.8. The van der Waals surface area contributed by atoms with Crippen molar-refractivity contribution in [3.8, 4) is 11.8 Å². The summed E-state index contributed by atoms with van der Waals surface area (Å²) in [5, 5.41) is 12.6. The summed E-state index contributed by atoms with van der Waals surface area (Å²) in [7, 11) is 1.54. The minimum Gasteiger partial charge on any atom is -0.496 e. The highest BCUT2D eigenvalue weighted by Gasteiger charge is 2.12. The van der Waals surface area contributed by atoms with E-state index in [1.165, 1.54) is 13.2 Å². The number of benzene rings is 2. The van der Waals surface area contributed by atoms with E-state index in [9.17, 15) is 10.1 Å². The zero-order chi connectivity index (χ0) is 16.8. The molecule has 1 N–H and O–H groups in total. The monoisotopic (exact) mass is 326 g/mol. The number of amides is 1. The van der Waals surface area contributed by atoms with Gasteiger partial charge in [0.05, 0.1) is 7.11 Å². The first-order valence-electron chi connectivity index (χ1n) is 6.87. The number of carbonyl (C=O) groups is 1. The van der Waals surface area contributed by atoms with Crippen molar-refractivity contribution < 1.29 is 9.53 Å². The van der Waals surface area contributed by atoms with E-state index >= 15 is 0 Å². The van der Waals surface area contributed by atoms with E-state index < -0.39 is 5.91 Å². The number of anilines is 1. The lowest BCUT2D eigenvalue weighted by molar-refractivity contribution is -0.112. The van der Waals surface area contributed by atoms with E-state index in [2.05, 4.69) is 5.32 Å². The van der Waals surface area contributed by atoms with Crippen LogP contribution >= 0.6 is 11.6 Å². The van der Waals surface area contributed by atoms with Crippen molar-refractivity contribution in [3.63, 3.8) is 0 Å². The van der Waals surface area contributed by atoms with Crippen LogP contribution in [0.4, 0.5) is 5.69 Å². The molecule has 0 aliphatic rings. The quantitative estimate of drug-likeness (QED) is 0.676. The van der Waals surface area contributed by atoms with Gasteiger partial charge in [0.2, 0.25) is 0 Å². The molecule has 2 rings (SSSR count). The number of hydrogen-bond donors (Lipinski definition) is 1. The first kappa shape index (κ1) is 16.6. The number of nitrogens with one attached hydrogen (secondary N) is 1. The molecule has 1 amide bonds. The van der Waals surface area contributed by atoms with Gasteiger partial charge >= 0.3 is 0 Å². The molecule has 0 atom stereocenters. The fourth-order valence-corrected chi connectivity index (χ4v) is 2.27. The summed E-state index contributed by atoms with van der Waals surface area (Å²) in [6, 6.07) is 14.2. The zero-order valence-corrected chi connectivity index (χ0v) is 13.5. The number of nitrogens with zero attached hydrogens (tertiary/aromatic N) is 1. The Bertz CT molecular complexity index is 807. The lowest BCUT2D eigenvalue weighted by atomic mass is 10.1. The highest BCUT2D eigenvalue weighted by Crippen LogP contribution is 2.22. The maximum absolute atomic E-state index is 12.3. The standard InChI is InChI=1S/C18H15ClN2O2/c1-12-9-15(19)7-8-16(12)21-18(22)14(11-20)10-13-5-3-4-6-17(13)23-2/h3-10H,1-2H3,(H,21,22)/b14-10+. The molecule has 0 saturated heterocycles. The van der Waals surface area contributed by atoms with Gasteiger partial charge in [-0.1, -0.05) is 29.8 Å². The number of aryl methyl sites for hydroxylation is 1. The van der Waals surface area contributed by atoms with Crippen molar-refractivity contribution in [1.82, 2.24) is 0 Å². The molecule has 5 heteroatoms. The third-order valence-corrected chi connectivity index (χ3v) is 3.48. The van der Waals surface area contributed by atoms with Crippen LogP contribution in [0, 0.1) is 18.3 Å². The Hall–Kier alpha value is -2.77. The number of ether oxygens (including phenoxy) is 1. The molecule has 0 spiro atoms. The topological polar surface area (TPSA) is 62.1 Å². The molecule has 2 aromatic carbocycles. The molecule has 23 heavy (non-hydrogen) atoms. The molecule has 116 valence electrons. The highest BCUT2D eigenvalue weighted by molar-refractivity contribution is 6.30. The van der Waals surface area contributed by atoms with Crippen LogP contribution in [0.2, 0.25) is 5.02 Å². The number of halogens is 1. The minimum absolute atomic E-state index is 0.0103. The summed E-state index contributed by atoms with van der Waals surface area (Å²) < 4.78 is 5.22. The van der Waals surface area contributed by atoms with Gasteiger partial charge in [-0.3, -0.25) is 4.79 Å². The number of rotatable bonds is 4. The van der Waals surface area contributed by atoms with Crippen LogP contribution in [0.3, 0.4) is 0 Å². The van der Waals surface area contributed by atoms with Crippen LogP contribution in [0.15, 0.2) is 48.0 Å². The summed E-state index contributed by atoms with van der Waals surface area (Å²) in [5.41, 5.74) is 2.08. The predicted molar refractivity (Wildman–Crippen MR) is 91.4 cm³/mol. The highest BCUT2D eigenvalue weighted by atomic mass is 35.5. The number of para-hydroxylation sites is 1. The average Bonchev–Trinajstić information content (AvgIpc) is 2.55. The molecule has 0 fully saturated rings. The smallest absolute Gasteiger partial charge is 0.266 e. The number of nitriles is 1. The molecule has 2 aromatic rings. The third-order valence-electron chi connectivity index (χ3n) is 3.24. The largest absolute Gasteiger partial charge is 0.496 e. The molecule has 4 nitrogen and oxygen atoms in total. The predicted octanol–water partition coefficient (Wildman–Crippen LogP) is 4.20. The molecule has 0 bridgehead atoms. The van der Waals surface area contributed by atoms with Crippen molar-refractivity contribution >= 4 is 29.3 Å². The van der Waals surface area contributed by atoms with Crippen LogP contribution in [-0.2, 0) is 4.79 Å². The van der Waals surface area contributed by atoms with Gasteiger partial charge in [-0.25, -0.2) is 0 Å². The Morgan fingerprint density at radius 2 is 2.04 bits per heavy atom. The van der Waals surface area contributed by atoms with Crippen LogP contribution < -0.4 is 10.1 Å². The number of carbonyl (C=O) groups excluding carboxylic acids is 1. The zero-order valence-electron chi connectivity index (χ0n) is 12.8. The van der Waals surface area contributed by atoms with Crippen molar-refractivity contribution in [1.29, 1.82) is 5.26 Å². The molecular weight excluding hydrogens is 312 g/mol. The van der Waals surface area contributed by atoms with Crippen LogP contribution in [0.25, 0.3) is 6.08 Å². The van der Waals surface area contributed by atoms with Gasteiger partial charge < -0.3 is 10.1 Å². The summed E-state index contributed by atoms with van der Waals surface area (Å²) in [6.45, 7) is 1.83. The van der Waals surface area contributed by atoms with Crippen LogP contribution in [0.5, 0.6) is 5.75 Å². The minimum atomic E-state index is -0.483. The van der Waals surface area contributed by atoms with Crippen molar-refractivity contribution in [3.05, 3.63) is 64.2 Å². The lowest BCUT2D eigenvalue weighted by Crippen LogP contribution is -2.14. The fourth-order valence-electron chi connectivity index (χ4n) is 2.05. The van der Waals surface area contributed by atoms with Crippen LogP contribution in [0.1, 0.15) is 11.1 Å². The molecule has 0 saturated carbocycles. The fraction of sp³-hybridized carbons (Fsp3) is 0.111. The van der Waals surface area contributed by atoms with Gasteiger partial charge in [-0.05, 0) is 42.8 Å². The maximum atomic E-state index is 12.3. The van der Waals surface area contributed by atoms with E-state index in [0.29, 0.717) is 22.0 Å². The second kappa shape index (κ2) is 7.48. The summed E-state index contributed by atoms with van der Waals surface area (Å²) in [5.74, 6) is 0.111. The number of hydrogen-bond acceptors (Lipinski definition) is 3. The molecular formula is C18H15ClN2O2. The Morgan fingerprint density at radius 3 is 2.70 bits per heavy atom. The Kier molecular flexibility index (Phi) is 5.40. The van der Waals surface area contributed by atoms with Gasteiger partial charge in [0, 0.05) is 16.3 Å². The lowest BCUT2D eigenvalue weighted by Gasteiger charge is -2.09. The summed E-state index contributed by atoms with van der Waals surface area (Å²) >= 11 is 5.89. The first-order valence-corrected chi connectivity index (χ1v) is 7.25. The maximum Gasteiger partial charge on any atom is 0.266 e. The van der Waals surface area contributed by atoms with E-state index in [4.69, 9.17) is 16.3 Å². The molecule has 0 aromatic heterocycles. The average molecular weight is 327 g/mol. The summed E-state index contributed by atoms with van der Waals surface area (Å²) in [4.78, 5) is 12.3. The molecule has 0 aliphatic heterocycles. The Labute approximate surface area is 140 Å². The van der Waals surface area contributed by atoms with E-state index in [0.717, 1.165) is 5.56 Å². The van der Waals surface area contributed by atoms with Gasteiger partial charge in [-0.2, -0.15) is 5.26 Å².